The molecule has 2 aliphatic rings. The molecule has 3 aromatic heterocycles. The van der Waals surface area contributed by atoms with E-state index in [9.17, 15) is 0 Å². The van der Waals surface area contributed by atoms with Crippen LogP contribution in [-0.2, 0) is 12.8 Å². The van der Waals surface area contributed by atoms with Gasteiger partial charge in [0, 0.05) is 54.6 Å². The maximum atomic E-state index is 6.13. The number of aryl methyl sites for hydroxylation is 1. The summed E-state index contributed by atoms with van der Waals surface area (Å²) in [5, 5.41) is 0. The summed E-state index contributed by atoms with van der Waals surface area (Å²) in [6.07, 6.45) is 11.5. The maximum Gasteiger partial charge on any atom is 0.163 e. The minimum atomic E-state index is 0.168. The van der Waals surface area contributed by atoms with Crippen molar-refractivity contribution in [1.82, 2.24) is 19.9 Å². The summed E-state index contributed by atoms with van der Waals surface area (Å²) in [5.74, 6) is 2.73. The number of rotatable bonds is 4. The minimum Gasteiger partial charge on any atom is -0.488 e. The molecule has 1 fully saturated rings. The van der Waals surface area contributed by atoms with Gasteiger partial charge in [0.15, 0.2) is 5.82 Å². The van der Waals surface area contributed by atoms with Crippen LogP contribution in [0.15, 0.2) is 49.1 Å². The molecule has 6 nitrogen and oxygen atoms in total. The van der Waals surface area contributed by atoms with Crippen molar-refractivity contribution in [2.45, 2.75) is 31.8 Å². The van der Waals surface area contributed by atoms with Gasteiger partial charge >= 0.3 is 0 Å². The minimum absolute atomic E-state index is 0.168. The van der Waals surface area contributed by atoms with Gasteiger partial charge in [-0.1, -0.05) is 0 Å². The largest absolute Gasteiger partial charge is 0.488 e. The summed E-state index contributed by atoms with van der Waals surface area (Å²) >= 11 is 0. The Hall–Kier alpha value is -3.02. The van der Waals surface area contributed by atoms with Crippen LogP contribution in [0.2, 0.25) is 0 Å². The molecule has 1 saturated heterocycles. The van der Waals surface area contributed by atoms with Gasteiger partial charge in [-0.2, -0.15) is 0 Å². The Morgan fingerprint density at radius 1 is 1.00 bits per heavy atom. The van der Waals surface area contributed by atoms with Crippen LogP contribution in [0.4, 0.5) is 5.82 Å². The predicted molar refractivity (Wildman–Crippen MR) is 103 cm³/mol. The standard InChI is InChI=1S/C21H21N5O/c1-4-18-19(5-1)24-20(15-3-2-9-23-13-15)25-21(18)26-12-8-17(14-26)27-16-6-10-22-11-7-16/h2-3,6-7,9-11,13,17H,1,4-5,8,12,14H2/t17-/m1/s1. The van der Waals surface area contributed by atoms with Gasteiger partial charge in [-0.25, -0.2) is 9.97 Å². The lowest BCUT2D eigenvalue weighted by atomic mass is 10.2. The van der Waals surface area contributed by atoms with Crippen LogP contribution in [0.25, 0.3) is 11.4 Å². The van der Waals surface area contributed by atoms with E-state index in [1.165, 1.54) is 11.3 Å². The van der Waals surface area contributed by atoms with E-state index in [1.54, 1.807) is 18.6 Å². The van der Waals surface area contributed by atoms with Crippen LogP contribution in [0.5, 0.6) is 5.75 Å². The third-order valence-corrected chi connectivity index (χ3v) is 5.23. The zero-order valence-corrected chi connectivity index (χ0v) is 15.1. The first-order chi connectivity index (χ1) is 13.4. The molecule has 1 atom stereocenters. The van der Waals surface area contributed by atoms with E-state index in [-0.39, 0.29) is 6.10 Å². The number of aromatic nitrogens is 4. The Balaban J connectivity index is 1.42. The van der Waals surface area contributed by atoms with Crippen molar-refractivity contribution in [1.29, 1.82) is 0 Å². The van der Waals surface area contributed by atoms with Crippen molar-refractivity contribution < 1.29 is 4.74 Å². The zero-order valence-electron chi connectivity index (χ0n) is 15.1. The highest BCUT2D eigenvalue weighted by molar-refractivity contribution is 5.61. The number of hydrogen-bond acceptors (Lipinski definition) is 6. The Labute approximate surface area is 158 Å². The molecule has 0 radical (unpaired) electrons. The first-order valence-electron chi connectivity index (χ1n) is 9.48. The summed E-state index contributed by atoms with van der Waals surface area (Å²) in [5.41, 5.74) is 3.47. The fourth-order valence-electron chi connectivity index (χ4n) is 3.92. The molecule has 0 unspecified atom stereocenters. The Kier molecular flexibility index (Phi) is 4.16. The van der Waals surface area contributed by atoms with E-state index in [1.807, 2.05) is 30.5 Å². The average molecular weight is 359 g/mol. The van der Waals surface area contributed by atoms with Crippen LogP contribution in [0, 0.1) is 0 Å². The highest BCUT2D eigenvalue weighted by atomic mass is 16.5. The molecule has 0 bridgehead atoms. The summed E-state index contributed by atoms with van der Waals surface area (Å²) in [4.78, 5) is 20.4. The van der Waals surface area contributed by atoms with Gasteiger partial charge in [-0.05, 0) is 43.5 Å². The molecule has 0 aromatic carbocycles. The van der Waals surface area contributed by atoms with Crippen molar-refractivity contribution in [2.75, 3.05) is 18.0 Å². The zero-order chi connectivity index (χ0) is 18.1. The molecule has 27 heavy (non-hydrogen) atoms. The molecule has 136 valence electrons. The molecule has 5 rings (SSSR count). The van der Waals surface area contributed by atoms with Crippen molar-refractivity contribution in [3.63, 3.8) is 0 Å². The first kappa shape index (κ1) is 16.2. The smallest absolute Gasteiger partial charge is 0.163 e. The van der Waals surface area contributed by atoms with Gasteiger partial charge in [0.2, 0.25) is 0 Å². The van der Waals surface area contributed by atoms with Crippen molar-refractivity contribution in [2.24, 2.45) is 0 Å². The van der Waals surface area contributed by atoms with Gasteiger partial charge in [0.1, 0.15) is 17.7 Å². The molecule has 0 saturated carbocycles. The SMILES string of the molecule is c1cncc(-c2nc3c(c(N4CC[C@@H](Oc5ccncc5)C4)n2)CCC3)c1. The molecule has 0 spiro atoms. The van der Waals surface area contributed by atoms with Gasteiger partial charge in [0.25, 0.3) is 0 Å². The average Bonchev–Trinajstić information content (AvgIpc) is 3.38. The third kappa shape index (κ3) is 3.23. The Morgan fingerprint density at radius 3 is 2.78 bits per heavy atom. The number of ether oxygens (including phenoxy) is 1. The van der Waals surface area contributed by atoms with Crippen LogP contribution in [0.3, 0.4) is 0 Å². The predicted octanol–water partition coefficient (Wildman–Crippen LogP) is 3.08. The second-order valence-corrected chi connectivity index (χ2v) is 7.05. The van der Waals surface area contributed by atoms with Crippen molar-refractivity contribution >= 4 is 5.82 Å². The quantitative estimate of drug-likeness (QED) is 0.713. The second kappa shape index (κ2) is 6.95. The van der Waals surface area contributed by atoms with Crippen LogP contribution in [0.1, 0.15) is 24.1 Å². The fraction of sp³-hybridized carbons (Fsp3) is 0.333. The molecule has 1 aliphatic carbocycles. The van der Waals surface area contributed by atoms with Crippen LogP contribution >= 0.6 is 0 Å². The van der Waals surface area contributed by atoms with Gasteiger partial charge < -0.3 is 9.64 Å². The molecular weight excluding hydrogens is 338 g/mol. The van der Waals surface area contributed by atoms with Crippen molar-refractivity contribution in [3.8, 4) is 17.1 Å². The molecule has 1 aliphatic heterocycles. The molecule has 4 heterocycles. The first-order valence-corrected chi connectivity index (χ1v) is 9.48. The Morgan fingerprint density at radius 2 is 1.93 bits per heavy atom. The molecular formula is C21H21N5O. The number of nitrogens with zero attached hydrogens (tertiary/aromatic N) is 5. The number of anilines is 1. The highest BCUT2D eigenvalue weighted by Gasteiger charge is 2.30. The van der Waals surface area contributed by atoms with Gasteiger partial charge in [-0.15, -0.1) is 0 Å². The van der Waals surface area contributed by atoms with Crippen LogP contribution in [-0.4, -0.2) is 39.1 Å². The van der Waals surface area contributed by atoms with Crippen molar-refractivity contribution in [3.05, 3.63) is 60.3 Å². The number of hydrogen-bond donors (Lipinski definition) is 0. The Bertz CT molecular complexity index is 932. The van der Waals surface area contributed by atoms with E-state index < -0.39 is 0 Å². The van der Waals surface area contributed by atoms with E-state index in [2.05, 4.69) is 14.9 Å². The van der Waals surface area contributed by atoms with Gasteiger partial charge in [-0.3, -0.25) is 9.97 Å². The van der Waals surface area contributed by atoms with Gasteiger partial charge in [0.05, 0.1) is 6.54 Å². The van der Waals surface area contributed by atoms with E-state index in [4.69, 9.17) is 14.7 Å². The molecule has 6 heteroatoms. The van der Waals surface area contributed by atoms with E-state index >= 15 is 0 Å². The normalized spacial score (nSPS) is 18.5. The topological polar surface area (TPSA) is 64.0 Å². The van der Waals surface area contributed by atoms with E-state index in [0.29, 0.717) is 0 Å². The lowest BCUT2D eigenvalue weighted by Crippen LogP contribution is -2.26. The second-order valence-electron chi connectivity index (χ2n) is 7.05. The summed E-state index contributed by atoms with van der Waals surface area (Å²) in [6, 6.07) is 7.77. The lowest BCUT2D eigenvalue weighted by molar-refractivity contribution is 0.224. The molecule has 0 amide bonds. The van der Waals surface area contributed by atoms with Crippen LogP contribution < -0.4 is 9.64 Å². The summed E-state index contributed by atoms with van der Waals surface area (Å²) < 4.78 is 6.13. The maximum absolute atomic E-state index is 6.13. The summed E-state index contributed by atoms with van der Waals surface area (Å²) in [6.45, 7) is 1.80. The number of fused-ring (bicyclic) bond motifs is 1. The van der Waals surface area contributed by atoms with E-state index in [0.717, 1.165) is 61.7 Å². The molecule has 0 N–H and O–H groups in total. The summed E-state index contributed by atoms with van der Waals surface area (Å²) in [7, 11) is 0. The number of pyridine rings is 2. The monoisotopic (exact) mass is 359 g/mol. The molecule has 3 aromatic rings. The lowest BCUT2D eigenvalue weighted by Gasteiger charge is -2.21. The third-order valence-electron chi connectivity index (χ3n) is 5.23. The fourth-order valence-corrected chi connectivity index (χ4v) is 3.92. The highest BCUT2D eigenvalue weighted by Crippen LogP contribution is 2.33.